The van der Waals surface area contributed by atoms with E-state index in [9.17, 15) is 14.0 Å². The van der Waals surface area contributed by atoms with Crippen LogP contribution in [0.15, 0.2) is 23.3 Å². The van der Waals surface area contributed by atoms with Crippen LogP contribution in [0.4, 0.5) is 21.5 Å². The standard InChI is InChI=1S/C16H16FN3O2/c17-11-7-12-13(19-6-5-18-12)8-14(11)20-15(21)9-3-1-2-4-10(9)16(20)22/h7-8,18-19H,1-6H2. The van der Waals surface area contributed by atoms with Gasteiger partial charge in [0.15, 0.2) is 0 Å². The van der Waals surface area contributed by atoms with Crippen molar-refractivity contribution in [3.63, 3.8) is 0 Å². The number of benzene rings is 1. The molecular weight excluding hydrogens is 285 g/mol. The Morgan fingerprint density at radius 3 is 2.05 bits per heavy atom. The van der Waals surface area contributed by atoms with Gasteiger partial charge in [-0.25, -0.2) is 9.29 Å². The van der Waals surface area contributed by atoms with E-state index in [0.29, 0.717) is 48.5 Å². The van der Waals surface area contributed by atoms with Gasteiger partial charge in [0.25, 0.3) is 11.8 Å². The first-order valence-corrected chi connectivity index (χ1v) is 7.59. The number of rotatable bonds is 1. The predicted octanol–water partition coefficient (Wildman–Crippen LogP) is 2.41. The normalized spacial score (nSPS) is 20.5. The predicted molar refractivity (Wildman–Crippen MR) is 81.4 cm³/mol. The zero-order chi connectivity index (χ0) is 15.3. The molecule has 114 valence electrons. The zero-order valence-corrected chi connectivity index (χ0v) is 12.0. The maximum atomic E-state index is 14.4. The Morgan fingerprint density at radius 2 is 1.45 bits per heavy atom. The van der Waals surface area contributed by atoms with Gasteiger partial charge in [0, 0.05) is 30.3 Å². The Hall–Kier alpha value is -2.37. The van der Waals surface area contributed by atoms with Gasteiger partial charge in [0.1, 0.15) is 5.82 Å². The van der Waals surface area contributed by atoms with Crippen LogP contribution in [0, 0.1) is 5.82 Å². The third kappa shape index (κ3) is 1.83. The third-order valence-corrected chi connectivity index (χ3v) is 4.47. The number of carbonyl (C=O) groups is 2. The molecule has 2 amide bonds. The van der Waals surface area contributed by atoms with E-state index >= 15 is 0 Å². The van der Waals surface area contributed by atoms with E-state index in [0.717, 1.165) is 17.7 Å². The summed E-state index contributed by atoms with van der Waals surface area (Å²) in [4.78, 5) is 26.0. The van der Waals surface area contributed by atoms with E-state index in [-0.39, 0.29) is 17.5 Å². The highest BCUT2D eigenvalue weighted by Crippen LogP contribution is 2.39. The topological polar surface area (TPSA) is 61.4 Å². The van der Waals surface area contributed by atoms with Crippen LogP contribution in [-0.4, -0.2) is 24.9 Å². The highest BCUT2D eigenvalue weighted by Gasteiger charge is 2.41. The number of hydrogen-bond donors (Lipinski definition) is 2. The minimum absolute atomic E-state index is 0.0411. The van der Waals surface area contributed by atoms with Gasteiger partial charge in [-0.2, -0.15) is 0 Å². The lowest BCUT2D eigenvalue weighted by Crippen LogP contribution is -2.33. The van der Waals surface area contributed by atoms with Crippen LogP contribution in [0.5, 0.6) is 0 Å². The van der Waals surface area contributed by atoms with Gasteiger partial charge in [-0.05, 0) is 31.7 Å². The highest BCUT2D eigenvalue weighted by molar-refractivity contribution is 6.33. The highest BCUT2D eigenvalue weighted by atomic mass is 19.1. The van der Waals surface area contributed by atoms with Crippen molar-refractivity contribution < 1.29 is 14.0 Å². The number of fused-ring (bicyclic) bond motifs is 1. The quantitative estimate of drug-likeness (QED) is 0.782. The van der Waals surface area contributed by atoms with Gasteiger partial charge in [-0.3, -0.25) is 9.59 Å². The fraction of sp³-hybridized carbons (Fsp3) is 0.375. The molecule has 0 bridgehead atoms. The van der Waals surface area contributed by atoms with Gasteiger partial charge in [-0.15, -0.1) is 0 Å². The molecule has 1 aliphatic carbocycles. The number of imide groups is 1. The van der Waals surface area contributed by atoms with Crippen molar-refractivity contribution >= 4 is 28.9 Å². The minimum Gasteiger partial charge on any atom is -0.382 e. The Kier molecular flexibility index (Phi) is 2.92. The summed E-state index contributed by atoms with van der Waals surface area (Å²) in [6, 6.07) is 2.89. The lowest BCUT2D eigenvalue weighted by Gasteiger charge is -2.23. The molecule has 0 saturated heterocycles. The molecule has 6 heteroatoms. The van der Waals surface area contributed by atoms with E-state index in [1.807, 2.05) is 0 Å². The number of hydrogen-bond acceptors (Lipinski definition) is 4. The van der Waals surface area contributed by atoms with Crippen molar-refractivity contribution in [3.05, 3.63) is 29.1 Å². The van der Waals surface area contributed by atoms with Crippen molar-refractivity contribution in [2.45, 2.75) is 25.7 Å². The molecule has 3 aliphatic rings. The number of nitrogens with one attached hydrogen (secondary N) is 2. The summed E-state index contributed by atoms with van der Waals surface area (Å²) >= 11 is 0. The Bertz CT molecular complexity index is 698. The van der Waals surface area contributed by atoms with Gasteiger partial charge >= 0.3 is 0 Å². The summed E-state index contributed by atoms with van der Waals surface area (Å²) in [7, 11) is 0. The number of halogens is 1. The molecule has 0 atom stereocenters. The Balaban J connectivity index is 1.77. The molecule has 0 unspecified atom stereocenters. The summed E-state index contributed by atoms with van der Waals surface area (Å²) in [6.45, 7) is 1.43. The molecular formula is C16H16FN3O2. The summed E-state index contributed by atoms with van der Waals surface area (Å²) in [6.07, 6.45) is 3.04. The SMILES string of the molecule is O=C1C2=C(CCCC2)C(=O)N1c1cc2c(cc1F)NCCN2. The fourth-order valence-electron chi connectivity index (χ4n) is 3.38. The first-order chi connectivity index (χ1) is 10.7. The average molecular weight is 301 g/mol. The molecule has 0 saturated carbocycles. The molecule has 1 aromatic carbocycles. The molecule has 0 radical (unpaired) electrons. The fourth-order valence-corrected chi connectivity index (χ4v) is 3.38. The van der Waals surface area contributed by atoms with E-state index < -0.39 is 5.82 Å². The van der Waals surface area contributed by atoms with Crippen molar-refractivity contribution in [2.75, 3.05) is 28.6 Å². The van der Waals surface area contributed by atoms with E-state index in [1.165, 1.54) is 6.07 Å². The third-order valence-electron chi connectivity index (χ3n) is 4.47. The second-order valence-electron chi connectivity index (χ2n) is 5.81. The van der Waals surface area contributed by atoms with E-state index in [1.54, 1.807) is 6.07 Å². The van der Waals surface area contributed by atoms with E-state index in [2.05, 4.69) is 10.6 Å². The summed E-state index contributed by atoms with van der Waals surface area (Å²) in [5.41, 5.74) is 2.55. The summed E-state index contributed by atoms with van der Waals surface area (Å²) in [5.74, 6) is -1.28. The monoisotopic (exact) mass is 301 g/mol. The molecule has 2 aliphatic heterocycles. The van der Waals surface area contributed by atoms with Crippen LogP contribution in [0.3, 0.4) is 0 Å². The molecule has 0 fully saturated rings. The maximum absolute atomic E-state index is 14.4. The summed E-state index contributed by atoms with van der Waals surface area (Å²) in [5, 5.41) is 6.25. The maximum Gasteiger partial charge on any atom is 0.261 e. The van der Waals surface area contributed by atoms with Crippen LogP contribution >= 0.6 is 0 Å². The molecule has 0 aromatic heterocycles. The molecule has 0 spiro atoms. The average Bonchev–Trinajstić information content (AvgIpc) is 2.79. The smallest absolute Gasteiger partial charge is 0.261 e. The lowest BCUT2D eigenvalue weighted by atomic mass is 9.93. The first kappa shape index (κ1) is 13.3. The zero-order valence-electron chi connectivity index (χ0n) is 12.0. The van der Waals surface area contributed by atoms with Crippen LogP contribution in [0.1, 0.15) is 25.7 Å². The van der Waals surface area contributed by atoms with Gasteiger partial charge in [0.05, 0.1) is 17.1 Å². The van der Waals surface area contributed by atoms with Crippen LogP contribution in [-0.2, 0) is 9.59 Å². The molecule has 1 aromatic rings. The molecule has 5 nitrogen and oxygen atoms in total. The second kappa shape index (κ2) is 4.83. The summed E-state index contributed by atoms with van der Waals surface area (Å²) < 4.78 is 14.4. The van der Waals surface area contributed by atoms with Crippen LogP contribution < -0.4 is 15.5 Å². The number of nitrogens with zero attached hydrogens (tertiary/aromatic N) is 1. The second-order valence-corrected chi connectivity index (χ2v) is 5.81. The number of amides is 2. The van der Waals surface area contributed by atoms with Crippen LogP contribution in [0.25, 0.3) is 0 Å². The number of anilines is 3. The van der Waals surface area contributed by atoms with Crippen molar-refractivity contribution in [3.8, 4) is 0 Å². The Morgan fingerprint density at radius 1 is 0.909 bits per heavy atom. The molecule has 22 heavy (non-hydrogen) atoms. The van der Waals surface area contributed by atoms with Gasteiger partial charge < -0.3 is 10.6 Å². The Labute approximate surface area is 127 Å². The first-order valence-electron chi connectivity index (χ1n) is 7.59. The largest absolute Gasteiger partial charge is 0.382 e. The van der Waals surface area contributed by atoms with Gasteiger partial charge in [-0.1, -0.05) is 0 Å². The molecule has 2 N–H and O–H groups in total. The van der Waals surface area contributed by atoms with E-state index in [4.69, 9.17) is 0 Å². The van der Waals surface area contributed by atoms with Crippen molar-refractivity contribution in [1.29, 1.82) is 0 Å². The van der Waals surface area contributed by atoms with Crippen molar-refractivity contribution in [2.24, 2.45) is 0 Å². The number of carbonyl (C=O) groups excluding carboxylic acids is 2. The van der Waals surface area contributed by atoms with Crippen LogP contribution in [0.2, 0.25) is 0 Å². The van der Waals surface area contributed by atoms with Crippen molar-refractivity contribution in [1.82, 2.24) is 0 Å². The lowest BCUT2D eigenvalue weighted by molar-refractivity contribution is -0.120. The molecule has 2 heterocycles. The molecule has 4 rings (SSSR count). The minimum atomic E-state index is -0.559. The van der Waals surface area contributed by atoms with Gasteiger partial charge in [0.2, 0.25) is 0 Å².